The van der Waals surface area contributed by atoms with Gasteiger partial charge in [0, 0.05) is 68.1 Å². The van der Waals surface area contributed by atoms with Crippen molar-refractivity contribution in [1.82, 2.24) is 24.6 Å². The molecule has 0 saturated carbocycles. The number of amides is 1. The van der Waals surface area contributed by atoms with Crippen LogP contribution in [-0.2, 0) is 33.0 Å². The van der Waals surface area contributed by atoms with Gasteiger partial charge in [0.15, 0.2) is 16.6 Å². The quantitative estimate of drug-likeness (QED) is 0.223. The Morgan fingerprint density at radius 3 is 2.46 bits per heavy atom. The molecule has 252 valence electrons. The van der Waals surface area contributed by atoms with E-state index in [1.54, 1.807) is 23.9 Å². The molecule has 0 radical (unpaired) electrons. The van der Waals surface area contributed by atoms with Crippen LogP contribution in [0.4, 0.5) is 19.7 Å². The van der Waals surface area contributed by atoms with Gasteiger partial charge in [-0.05, 0) is 36.2 Å². The van der Waals surface area contributed by atoms with Crippen molar-refractivity contribution in [2.75, 3.05) is 55.3 Å². The van der Waals surface area contributed by atoms with Crippen molar-refractivity contribution in [3.8, 4) is 11.1 Å². The Bertz CT molecular complexity index is 2120. The highest BCUT2D eigenvalue weighted by Crippen LogP contribution is 2.41. The summed E-state index contributed by atoms with van der Waals surface area (Å²) >= 11 is 1.51. The topological polar surface area (TPSA) is 149 Å². The lowest BCUT2D eigenvalue weighted by Gasteiger charge is -2.42. The van der Waals surface area contributed by atoms with Gasteiger partial charge in [-0.2, -0.15) is 10.1 Å². The van der Waals surface area contributed by atoms with Crippen LogP contribution in [-0.4, -0.2) is 90.7 Å². The number of benzene rings is 2. The van der Waals surface area contributed by atoms with E-state index in [4.69, 9.17) is 20.4 Å². The Hall–Kier alpha value is -4.25. The first kappa shape index (κ1) is 32.3. The third-order valence-electron chi connectivity index (χ3n) is 8.80. The van der Waals surface area contributed by atoms with E-state index in [1.165, 1.54) is 23.5 Å². The Labute approximate surface area is 279 Å². The lowest BCUT2D eigenvalue weighted by Crippen LogP contribution is -2.56. The second-order valence-corrected chi connectivity index (χ2v) is 15.1. The van der Waals surface area contributed by atoms with E-state index in [0.717, 1.165) is 61.5 Å². The molecule has 7 rings (SSSR count). The number of nitrogens with zero attached hydrogens (tertiary/aromatic N) is 6. The van der Waals surface area contributed by atoms with E-state index in [0.29, 0.717) is 45.0 Å². The van der Waals surface area contributed by atoms with Crippen molar-refractivity contribution in [3.05, 3.63) is 65.4 Å². The van der Waals surface area contributed by atoms with E-state index in [2.05, 4.69) is 19.6 Å². The fourth-order valence-corrected chi connectivity index (χ4v) is 8.07. The molecule has 2 aliphatic rings. The van der Waals surface area contributed by atoms with Crippen molar-refractivity contribution in [2.24, 2.45) is 12.8 Å². The number of ether oxygens (including phenoxy) is 1. The minimum Gasteiger partial charge on any atom is -0.378 e. The van der Waals surface area contributed by atoms with Crippen molar-refractivity contribution < 1.29 is 26.7 Å². The molecule has 2 fully saturated rings. The summed E-state index contributed by atoms with van der Waals surface area (Å²) in [5, 5.41) is 5.83. The molecule has 0 unspecified atom stereocenters. The summed E-state index contributed by atoms with van der Waals surface area (Å²) in [6.45, 7) is 4.92. The van der Waals surface area contributed by atoms with Gasteiger partial charge in [-0.1, -0.05) is 23.5 Å². The monoisotopic (exact) mass is 696 g/mol. The first-order valence-corrected chi connectivity index (χ1v) is 18.2. The molecule has 3 aromatic heterocycles. The number of nitrogens with one attached hydrogen (secondary N) is 1. The minimum absolute atomic E-state index is 0.0786. The number of halogens is 2. The number of aryl methyl sites for hydroxylation is 1. The Kier molecular flexibility index (Phi) is 8.51. The number of para-hydroxylation sites is 1. The molecule has 1 atom stereocenters. The van der Waals surface area contributed by atoms with Crippen LogP contribution >= 0.6 is 11.3 Å². The molecule has 0 bridgehead atoms. The van der Waals surface area contributed by atoms with Gasteiger partial charge in [-0.3, -0.25) is 19.1 Å². The predicted molar refractivity (Wildman–Crippen MR) is 181 cm³/mol. The van der Waals surface area contributed by atoms with E-state index in [9.17, 15) is 22.0 Å². The number of thiazole rings is 1. The van der Waals surface area contributed by atoms with Gasteiger partial charge in [-0.15, -0.1) is 0 Å². The molecular formula is C32H34F2N8O4S2. The average molecular weight is 697 g/mol. The lowest BCUT2D eigenvalue weighted by atomic mass is 9.87. The lowest BCUT2D eigenvalue weighted by molar-refractivity contribution is -0.118. The van der Waals surface area contributed by atoms with Gasteiger partial charge in [0.1, 0.15) is 11.6 Å². The van der Waals surface area contributed by atoms with Crippen LogP contribution in [0.2, 0.25) is 0 Å². The molecule has 48 heavy (non-hydrogen) atoms. The average Bonchev–Trinajstić information content (AvgIpc) is 3.54. The molecule has 1 amide bonds. The summed E-state index contributed by atoms with van der Waals surface area (Å²) in [5.41, 5.74) is 9.01. The number of hydrogen-bond donors (Lipinski definition) is 2. The van der Waals surface area contributed by atoms with Gasteiger partial charge >= 0.3 is 0 Å². The molecule has 0 spiro atoms. The summed E-state index contributed by atoms with van der Waals surface area (Å²) < 4.78 is 63.1. The molecule has 16 heteroatoms. The number of carbonyl (C=O) groups excluding carboxylic acids is 1. The largest absolute Gasteiger partial charge is 0.378 e. The van der Waals surface area contributed by atoms with Crippen molar-refractivity contribution in [1.29, 1.82) is 0 Å². The number of carbonyl (C=O) groups is 1. The van der Waals surface area contributed by atoms with Gasteiger partial charge in [-0.25, -0.2) is 22.2 Å². The summed E-state index contributed by atoms with van der Waals surface area (Å²) in [7, 11) is -1.91. The first-order valence-electron chi connectivity index (χ1n) is 15.5. The molecule has 2 aliphatic heterocycles. The van der Waals surface area contributed by atoms with Crippen molar-refractivity contribution in [3.63, 3.8) is 0 Å². The fourth-order valence-electron chi connectivity index (χ4n) is 6.57. The zero-order valence-corrected chi connectivity index (χ0v) is 28.0. The van der Waals surface area contributed by atoms with Crippen LogP contribution in [0.5, 0.6) is 0 Å². The minimum atomic E-state index is -3.62. The Morgan fingerprint density at radius 1 is 1.08 bits per heavy atom. The summed E-state index contributed by atoms with van der Waals surface area (Å²) in [6, 6.07) is 11.1. The third-order valence-corrected chi connectivity index (χ3v) is 10.4. The van der Waals surface area contributed by atoms with Crippen LogP contribution in [0.3, 0.4) is 0 Å². The number of anilines is 2. The number of sulfonamides is 1. The van der Waals surface area contributed by atoms with Crippen LogP contribution in [0, 0.1) is 11.6 Å². The maximum absolute atomic E-state index is 14.3. The zero-order chi connectivity index (χ0) is 33.7. The van der Waals surface area contributed by atoms with Gasteiger partial charge in [0.2, 0.25) is 15.9 Å². The van der Waals surface area contributed by atoms with E-state index in [-0.39, 0.29) is 18.7 Å². The maximum Gasteiger partial charge on any atom is 0.231 e. The number of pyridine rings is 1. The van der Waals surface area contributed by atoms with Crippen LogP contribution in [0.15, 0.2) is 42.5 Å². The smallest absolute Gasteiger partial charge is 0.231 e. The second-order valence-electron chi connectivity index (χ2n) is 12.4. The molecule has 5 aromatic rings. The highest BCUT2D eigenvalue weighted by Gasteiger charge is 2.31. The van der Waals surface area contributed by atoms with Gasteiger partial charge in [0.05, 0.1) is 41.4 Å². The maximum atomic E-state index is 14.3. The predicted octanol–water partition coefficient (Wildman–Crippen LogP) is 3.62. The highest BCUT2D eigenvalue weighted by atomic mass is 32.2. The number of aromatic nitrogens is 4. The molecule has 2 saturated heterocycles. The molecule has 5 heterocycles. The number of rotatable bonds is 10. The second kappa shape index (κ2) is 12.7. The summed E-state index contributed by atoms with van der Waals surface area (Å²) in [5.74, 6) is -2.56. The molecule has 2 aromatic carbocycles. The number of piperazine rings is 1. The third kappa shape index (κ3) is 6.57. The fraction of sp³-hybridized carbons (Fsp3) is 0.375. The van der Waals surface area contributed by atoms with Gasteiger partial charge < -0.3 is 15.4 Å². The number of hydrogen-bond acceptors (Lipinski definition) is 10. The zero-order valence-electron chi connectivity index (χ0n) is 26.3. The summed E-state index contributed by atoms with van der Waals surface area (Å²) in [4.78, 5) is 27.1. The first-order chi connectivity index (χ1) is 22.9. The Balaban J connectivity index is 1.36. The van der Waals surface area contributed by atoms with E-state index in [1.807, 2.05) is 12.1 Å². The van der Waals surface area contributed by atoms with E-state index >= 15 is 0 Å². The molecular weight excluding hydrogens is 663 g/mol. The van der Waals surface area contributed by atoms with E-state index < -0.39 is 33.5 Å². The van der Waals surface area contributed by atoms with Crippen LogP contribution in [0.1, 0.15) is 23.6 Å². The normalized spacial score (nSPS) is 16.8. The number of nitrogens with two attached hydrogens (primary N) is 1. The number of primary amides is 1. The van der Waals surface area contributed by atoms with Crippen LogP contribution in [0.25, 0.3) is 32.4 Å². The summed E-state index contributed by atoms with van der Waals surface area (Å²) in [6.07, 6.45) is 0.991. The SMILES string of the molecule is Cn1nc(NS(C)(=O)=O)c2cccc(-c3cc4sc(N5CCN(C6COC6)CC5)nc4nc3[C@H](CC(N)=O)Cc3cc(F)cc(F)c3)c21. The van der Waals surface area contributed by atoms with Crippen molar-refractivity contribution in [2.45, 2.75) is 24.8 Å². The molecule has 3 N–H and O–H groups in total. The van der Waals surface area contributed by atoms with Crippen LogP contribution < -0.4 is 15.4 Å². The highest BCUT2D eigenvalue weighted by molar-refractivity contribution is 7.92. The van der Waals surface area contributed by atoms with Crippen molar-refractivity contribution >= 4 is 59.5 Å². The molecule has 12 nitrogen and oxygen atoms in total. The molecule has 0 aliphatic carbocycles. The van der Waals surface area contributed by atoms with Gasteiger partial charge in [0.25, 0.3) is 0 Å². The standard InChI is InChI=1S/C32H34F2N8O4S2/c1-40-29-23(4-3-5-24(29)30(38-40)39-48(2,44)45)25-15-26-31(37-32(47-26)42-8-6-41(7-9-42)22-16-46-17-22)36-28(25)19(13-27(35)43)10-18-11-20(33)14-21(34)12-18/h3-5,11-12,14-15,19,22H,6-10,13,16-17H2,1-2H3,(H2,35,43)(H,38,39)/t19-/m0/s1. The number of fused-ring (bicyclic) bond motifs is 2. The Morgan fingerprint density at radius 2 is 1.81 bits per heavy atom.